The van der Waals surface area contributed by atoms with Gasteiger partial charge in [-0.2, -0.15) is 0 Å². The van der Waals surface area contributed by atoms with Crippen LogP contribution in [-0.2, 0) is 14.3 Å². The van der Waals surface area contributed by atoms with Crippen LogP contribution in [0.2, 0.25) is 0 Å². The maximum absolute atomic E-state index is 14.6. The number of hydroxylamine groups is 2. The summed E-state index contributed by atoms with van der Waals surface area (Å²) in [7, 11) is 0. The average molecular weight is 395 g/mol. The molecule has 2 aliphatic heterocycles. The molecule has 2 amide bonds. The van der Waals surface area contributed by atoms with E-state index in [1.54, 1.807) is 12.1 Å². The number of hydrogen-bond acceptors (Lipinski definition) is 6. The molecule has 0 radical (unpaired) electrons. The molecule has 0 aromatic heterocycles. The van der Waals surface area contributed by atoms with E-state index in [9.17, 15) is 19.2 Å². The summed E-state index contributed by atoms with van der Waals surface area (Å²) in [5.41, 5.74) is 0.844. The smallest absolute Gasteiger partial charge is 0.414 e. The number of benzene rings is 1. The molecule has 1 atom stereocenters. The molecule has 8 nitrogen and oxygen atoms in total. The van der Waals surface area contributed by atoms with Crippen LogP contribution in [0.5, 0.6) is 0 Å². The normalized spacial score (nSPS) is 19.9. The first-order chi connectivity index (χ1) is 13.3. The lowest BCUT2D eigenvalue weighted by molar-refractivity contribution is -0.170. The molecule has 2 saturated heterocycles. The van der Waals surface area contributed by atoms with E-state index >= 15 is 0 Å². The first-order valence-electron chi connectivity index (χ1n) is 9.44. The lowest BCUT2D eigenvalue weighted by atomic mass is 10.1. The Bertz CT molecular complexity index is 724. The highest BCUT2D eigenvalue weighted by atomic mass is 19.1. The first kappa shape index (κ1) is 20.3. The number of rotatable bonds is 6. The third-order valence-corrected chi connectivity index (χ3v) is 4.72. The molecule has 0 saturated carbocycles. The highest BCUT2D eigenvalue weighted by molar-refractivity contribution is 5.90. The van der Waals surface area contributed by atoms with E-state index in [-0.39, 0.29) is 25.4 Å². The topological polar surface area (TPSA) is 82.6 Å². The zero-order valence-corrected chi connectivity index (χ0v) is 16.1. The summed E-state index contributed by atoms with van der Waals surface area (Å²) in [5, 5.41) is 10.5. The summed E-state index contributed by atoms with van der Waals surface area (Å²) < 4.78 is 25.1. The lowest BCUT2D eigenvalue weighted by Crippen LogP contribution is -2.37. The Kier molecular flexibility index (Phi) is 6.35. The molecular formula is C19H26FN3O5. The van der Waals surface area contributed by atoms with Crippen molar-refractivity contribution in [2.45, 2.75) is 26.4 Å². The number of ether oxygens (including phenoxy) is 2. The first-order valence-corrected chi connectivity index (χ1v) is 9.44. The monoisotopic (exact) mass is 395 g/mol. The third-order valence-electron chi connectivity index (χ3n) is 4.72. The van der Waals surface area contributed by atoms with Gasteiger partial charge >= 0.3 is 6.09 Å². The summed E-state index contributed by atoms with van der Waals surface area (Å²) >= 11 is 0. The molecule has 2 aliphatic rings. The fourth-order valence-corrected chi connectivity index (χ4v) is 3.30. The van der Waals surface area contributed by atoms with Crippen molar-refractivity contribution in [2.24, 2.45) is 5.92 Å². The average Bonchev–Trinajstić information content (AvgIpc) is 3.02. The zero-order chi connectivity index (χ0) is 20.3. The molecule has 28 heavy (non-hydrogen) atoms. The number of cyclic esters (lactones) is 1. The van der Waals surface area contributed by atoms with Crippen LogP contribution < -0.4 is 9.80 Å². The molecule has 9 heteroatoms. The van der Waals surface area contributed by atoms with Gasteiger partial charge in [0.25, 0.3) is 0 Å². The largest absolute Gasteiger partial charge is 0.442 e. The number of hydrogen-bond donors (Lipinski definition) is 1. The van der Waals surface area contributed by atoms with Crippen LogP contribution in [0.4, 0.5) is 20.6 Å². The number of amides is 2. The molecule has 0 bridgehead atoms. The molecular weight excluding hydrogens is 369 g/mol. The standard InChI is InChI=1S/C19H26FN3O5/c1-13(2)9-18(24)23(26)12-15-11-22(19(25)28-15)14-3-4-17(16(20)10-14)21-5-7-27-8-6-21/h3-4,10,13,15,26H,5-9,11-12H2,1-2H3/t15-/m1/s1. The van der Waals surface area contributed by atoms with Crippen LogP contribution >= 0.6 is 0 Å². The van der Waals surface area contributed by atoms with Gasteiger partial charge in [0.1, 0.15) is 11.9 Å². The van der Waals surface area contributed by atoms with Crippen molar-refractivity contribution in [2.75, 3.05) is 49.2 Å². The van der Waals surface area contributed by atoms with Gasteiger partial charge in [0.05, 0.1) is 37.7 Å². The Hall–Kier alpha value is -2.39. The number of carbonyl (C=O) groups is 2. The van der Waals surface area contributed by atoms with Gasteiger partial charge in [-0.1, -0.05) is 13.8 Å². The van der Waals surface area contributed by atoms with Crippen molar-refractivity contribution in [3.8, 4) is 0 Å². The summed E-state index contributed by atoms with van der Waals surface area (Å²) in [6.07, 6.45) is -1.11. The van der Waals surface area contributed by atoms with Crippen LogP contribution in [0.3, 0.4) is 0 Å². The molecule has 0 aliphatic carbocycles. The Balaban J connectivity index is 1.63. The van der Waals surface area contributed by atoms with Gasteiger partial charge in [0.15, 0.2) is 0 Å². The van der Waals surface area contributed by atoms with E-state index in [2.05, 4.69) is 0 Å². The van der Waals surface area contributed by atoms with Gasteiger partial charge in [-0.15, -0.1) is 0 Å². The minimum atomic E-state index is -0.685. The van der Waals surface area contributed by atoms with Crippen molar-refractivity contribution in [3.05, 3.63) is 24.0 Å². The molecule has 154 valence electrons. The molecule has 1 N–H and O–H groups in total. The Morgan fingerprint density at radius 1 is 1.36 bits per heavy atom. The van der Waals surface area contributed by atoms with Gasteiger partial charge in [-0.25, -0.2) is 14.2 Å². The Morgan fingerprint density at radius 3 is 2.71 bits per heavy atom. The second-order valence-corrected chi connectivity index (χ2v) is 7.43. The molecule has 1 aromatic carbocycles. The fourth-order valence-electron chi connectivity index (χ4n) is 3.30. The fraction of sp³-hybridized carbons (Fsp3) is 0.579. The minimum absolute atomic E-state index is 0.109. The molecule has 2 fully saturated rings. The van der Waals surface area contributed by atoms with Crippen molar-refractivity contribution >= 4 is 23.4 Å². The summed E-state index contributed by atoms with van der Waals surface area (Å²) in [5.74, 6) is -0.741. The van der Waals surface area contributed by atoms with E-state index in [0.717, 1.165) is 0 Å². The van der Waals surface area contributed by atoms with E-state index in [4.69, 9.17) is 9.47 Å². The van der Waals surface area contributed by atoms with E-state index in [1.807, 2.05) is 18.7 Å². The van der Waals surface area contributed by atoms with Gasteiger partial charge in [-0.05, 0) is 24.1 Å². The van der Waals surface area contributed by atoms with Gasteiger partial charge in [0, 0.05) is 19.5 Å². The minimum Gasteiger partial charge on any atom is -0.442 e. The van der Waals surface area contributed by atoms with Gasteiger partial charge < -0.3 is 14.4 Å². The van der Waals surface area contributed by atoms with Crippen LogP contribution in [0.25, 0.3) is 0 Å². The number of halogens is 1. The van der Waals surface area contributed by atoms with Crippen LogP contribution in [0.1, 0.15) is 20.3 Å². The zero-order valence-electron chi connectivity index (χ0n) is 16.1. The van der Waals surface area contributed by atoms with Gasteiger partial charge in [0.2, 0.25) is 5.91 Å². The number of morpholine rings is 1. The molecule has 2 heterocycles. The Morgan fingerprint density at radius 2 is 2.07 bits per heavy atom. The predicted octanol–water partition coefficient (Wildman–Crippen LogP) is 2.25. The van der Waals surface area contributed by atoms with Crippen molar-refractivity contribution < 1.29 is 28.7 Å². The maximum atomic E-state index is 14.6. The summed E-state index contributed by atoms with van der Waals surface area (Å²) in [6, 6.07) is 4.61. The maximum Gasteiger partial charge on any atom is 0.414 e. The number of carbonyl (C=O) groups excluding carboxylic acids is 2. The third kappa shape index (κ3) is 4.71. The summed E-state index contributed by atoms with van der Waals surface area (Å²) in [4.78, 5) is 27.3. The van der Waals surface area contributed by atoms with Crippen molar-refractivity contribution in [3.63, 3.8) is 0 Å². The molecule has 0 spiro atoms. The highest BCUT2D eigenvalue weighted by Crippen LogP contribution is 2.28. The van der Waals surface area contributed by atoms with Gasteiger partial charge in [-0.3, -0.25) is 14.9 Å². The second kappa shape index (κ2) is 8.74. The van der Waals surface area contributed by atoms with Crippen LogP contribution in [-0.4, -0.2) is 67.8 Å². The van der Waals surface area contributed by atoms with E-state index in [0.29, 0.717) is 42.7 Å². The van der Waals surface area contributed by atoms with Crippen LogP contribution in [0, 0.1) is 11.7 Å². The van der Waals surface area contributed by atoms with Crippen LogP contribution in [0.15, 0.2) is 18.2 Å². The molecule has 1 aromatic rings. The van der Waals surface area contributed by atoms with E-state index < -0.39 is 23.9 Å². The van der Waals surface area contributed by atoms with Crippen molar-refractivity contribution in [1.29, 1.82) is 0 Å². The van der Waals surface area contributed by atoms with Crippen molar-refractivity contribution in [1.82, 2.24) is 5.06 Å². The molecule has 0 unspecified atom stereocenters. The molecule has 3 rings (SSSR count). The second-order valence-electron chi connectivity index (χ2n) is 7.43. The lowest BCUT2D eigenvalue weighted by Gasteiger charge is -2.29. The summed E-state index contributed by atoms with van der Waals surface area (Å²) in [6.45, 7) is 6.07. The van der Waals surface area contributed by atoms with E-state index in [1.165, 1.54) is 11.0 Å². The number of nitrogens with zero attached hydrogens (tertiary/aromatic N) is 3. The quantitative estimate of drug-likeness (QED) is 0.588. The number of anilines is 2. The SMILES string of the molecule is CC(C)CC(=O)N(O)C[C@H]1CN(c2ccc(N3CCOCC3)c(F)c2)C(=O)O1. The predicted molar refractivity (Wildman–Crippen MR) is 100 cm³/mol. The highest BCUT2D eigenvalue weighted by Gasteiger charge is 2.34. The Labute approximate surface area is 163 Å².